The van der Waals surface area contributed by atoms with Gasteiger partial charge in [-0.1, -0.05) is 28.9 Å². The molecular weight excluding hydrogens is 212 g/mol. The fraction of sp³-hybridized carbons (Fsp3) is 0.0909. The average Bonchev–Trinajstić information content (AvgIpc) is 2.71. The smallest absolute Gasteiger partial charge is 0.214 e. The first-order valence-electron chi connectivity index (χ1n) is 4.46. The molecule has 0 fully saturated rings. The molecule has 0 saturated heterocycles. The largest absolute Gasteiger partial charge is 0.342 e. The van der Waals surface area contributed by atoms with E-state index in [1.807, 2.05) is 37.3 Å². The van der Waals surface area contributed by atoms with Crippen molar-refractivity contribution in [3.8, 4) is 0 Å². The highest BCUT2D eigenvalue weighted by molar-refractivity contribution is 6.30. The van der Waals surface area contributed by atoms with Gasteiger partial charge in [0.05, 0.1) is 0 Å². The van der Waals surface area contributed by atoms with Gasteiger partial charge < -0.3 is 4.52 Å². The lowest BCUT2D eigenvalue weighted by molar-refractivity contribution is 0.415. The number of hydrogen-bond donors (Lipinski definition) is 0. The van der Waals surface area contributed by atoms with Crippen molar-refractivity contribution in [3.63, 3.8) is 0 Å². The van der Waals surface area contributed by atoms with E-state index in [9.17, 15) is 0 Å². The Morgan fingerprint density at radius 2 is 2.07 bits per heavy atom. The summed E-state index contributed by atoms with van der Waals surface area (Å²) in [4.78, 5) is 3.92. The molecule has 4 heteroatoms. The van der Waals surface area contributed by atoms with E-state index in [-0.39, 0.29) is 0 Å². The summed E-state index contributed by atoms with van der Waals surface area (Å²) in [6.07, 6.45) is 3.16. The second kappa shape index (κ2) is 4.28. The van der Waals surface area contributed by atoms with Gasteiger partial charge in [-0.3, -0.25) is 0 Å². The molecule has 0 bridgehead atoms. The summed E-state index contributed by atoms with van der Waals surface area (Å²) in [5, 5.41) is 4.44. The number of rotatable bonds is 2. The summed E-state index contributed by atoms with van der Waals surface area (Å²) in [5.74, 6) is 0.572. The van der Waals surface area contributed by atoms with Gasteiger partial charge in [-0.2, -0.15) is 4.98 Å². The molecule has 1 aromatic carbocycles. The lowest BCUT2D eigenvalue weighted by Crippen LogP contribution is -1.81. The van der Waals surface area contributed by atoms with Crippen LogP contribution >= 0.6 is 11.6 Å². The van der Waals surface area contributed by atoms with E-state index in [4.69, 9.17) is 11.6 Å². The molecule has 1 aromatic heterocycles. The van der Waals surface area contributed by atoms with Crippen LogP contribution in [0.5, 0.6) is 0 Å². The molecule has 0 aliphatic heterocycles. The normalized spacial score (nSPS) is 11.7. The van der Waals surface area contributed by atoms with Gasteiger partial charge in [0.15, 0.2) is 5.82 Å². The Kier molecular flexibility index (Phi) is 2.83. The van der Waals surface area contributed by atoms with Crippen LogP contribution in [0.3, 0.4) is 0 Å². The molecule has 0 spiro atoms. The Morgan fingerprint density at radius 3 is 2.67 bits per heavy atom. The maximum absolute atomic E-state index is 5.80. The quantitative estimate of drug-likeness (QED) is 0.780. The average molecular weight is 221 g/mol. The minimum atomic E-state index is 0.572. The van der Waals surface area contributed by atoms with Crippen molar-refractivity contribution in [2.45, 2.75) is 6.92 Å². The van der Waals surface area contributed by atoms with Gasteiger partial charge in [0.25, 0.3) is 0 Å². The van der Waals surface area contributed by atoms with Crippen LogP contribution in [0.15, 0.2) is 35.2 Å². The maximum atomic E-state index is 5.80. The van der Waals surface area contributed by atoms with E-state index in [2.05, 4.69) is 14.7 Å². The summed E-state index contributed by atoms with van der Waals surface area (Å²) >= 11 is 5.80. The monoisotopic (exact) mass is 220 g/mol. The molecule has 1 heterocycles. The zero-order chi connectivity index (χ0) is 10.7. The van der Waals surface area contributed by atoms with Crippen molar-refractivity contribution in [1.29, 1.82) is 0 Å². The van der Waals surface area contributed by atoms with Crippen LogP contribution in [0.2, 0.25) is 5.02 Å². The van der Waals surface area contributed by atoms with Crippen LogP contribution in [0.4, 0.5) is 0 Å². The summed E-state index contributed by atoms with van der Waals surface area (Å²) in [6, 6.07) is 7.61. The number of aromatic nitrogens is 2. The zero-order valence-electron chi connectivity index (χ0n) is 8.14. The molecule has 0 unspecified atom stereocenters. The van der Waals surface area contributed by atoms with E-state index in [1.165, 1.54) is 6.39 Å². The Bertz CT molecular complexity index is 460. The van der Waals surface area contributed by atoms with Gasteiger partial charge in [0.2, 0.25) is 6.39 Å². The summed E-state index contributed by atoms with van der Waals surface area (Å²) in [6.45, 7) is 1.99. The fourth-order valence-electron chi connectivity index (χ4n) is 1.23. The van der Waals surface area contributed by atoms with Crippen molar-refractivity contribution in [2.24, 2.45) is 0 Å². The van der Waals surface area contributed by atoms with Gasteiger partial charge in [0.1, 0.15) is 0 Å². The number of allylic oxidation sites excluding steroid dienone is 1. The molecule has 2 aromatic rings. The molecule has 3 nitrogen and oxygen atoms in total. The lowest BCUT2D eigenvalue weighted by Gasteiger charge is -1.99. The standard InChI is InChI=1S/C11H9ClN2O/c1-8(6-11-13-7-15-14-11)9-2-4-10(12)5-3-9/h2-7H,1H3/b8-6+. The van der Waals surface area contributed by atoms with Crippen LogP contribution < -0.4 is 0 Å². The van der Waals surface area contributed by atoms with Crippen LogP contribution in [0, 0.1) is 0 Å². The van der Waals surface area contributed by atoms with Crippen molar-refractivity contribution in [1.82, 2.24) is 10.1 Å². The molecule has 0 N–H and O–H groups in total. The first kappa shape index (κ1) is 9.93. The molecule has 2 rings (SSSR count). The van der Waals surface area contributed by atoms with Crippen LogP contribution in [-0.4, -0.2) is 10.1 Å². The van der Waals surface area contributed by atoms with Gasteiger partial charge in [-0.15, -0.1) is 0 Å². The highest BCUT2D eigenvalue weighted by Gasteiger charge is 1.98. The third-order valence-corrected chi connectivity index (χ3v) is 2.28. The first-order valence-corrected chi connectivity index (χ1v) is 4.84. The molecule has 0 aliphatic carbocycles. The fourth-order valence-corrected chi connectivity index (χ4v) is 1.36. The minimum absolute atomic E-state index is 0.572. The van der Waals surface area contributed by atoms with E-state index in [1.54, 1.807) is 0 Å². The van der Waals surface area contributed by atoms with E-state index < -0.39 is 0 Å². The number of benzene rings is 1. The van der Waals surface area contributed by atoms with Gasteiger partial charge in [-0.05, 0) is 36.3 Å². The Hall–Kier alpha value is -1.61. The van der Waals surface area contributed by atoms with Crippen LogP contribution in [-0.2, 0) is 0 Å². The highest BCUT2D eigenvalue weighted by Crippen LogP contribution is 2.18. The molecule has 0 saturated carbocycles. The second-order valence-corrected chi connectivity index (χ2v) is 3.56. The Balaban J connectivity index is 2.28. The van der Waals surface area contributed by atoms with E-state index in [0.717, 1.165) is 16.2 Å². The van der Waals surface area contributed by atoms with Gasteiger partial charge in [0, 0.05) is 5.02 Å². The van der Waals surface area contributed by atoms with Crippen molar-refractivity contribution >= 4 is 23.3 Å². The minimum Gasteiger partial charge on any atom is -0.342 e. The summed E-state index contributed by atoms with van der Waals surface area (Å²) in [7, 11) is 0. The highest BCUT2D eigenvalue weighted by atomic mass is 35.5. The Labute approximate surface area is 92.4 Å². The third kappa shape index (κ3) is 2.44. The molecule has 0 amide bonds. The first-order chi connectivity index (χ1) is 7.25. The molecule has 15 heavy (non-hydrogen) atoms. The van der Waals surface area contributed by atoms with E-state index >= 15 is 0 Å². The van der Waals surface area contributed by atoms with Crippen LogP contribution in [0.25, 0.3) is 11.6 Å². The Morgan fingerprint density at radius 1 is 1.33 bits per heavy atom. The zero-order valence-corrected chi connectivity index (χ0v) is 8.90. The number of halogens is 1. The third-order valence-electron chi connectivity index (χ3n) is 2.02. The molecule has 0 atom stereocenters. The molecule has 0 radical (unpaired) electrons. The number of nitrogens with zero attached hydrogens (tertiary/aromatic N) is 2. The predicted octanol–water partition coefficient (Wildman–Crippen LogP) is 3.28. The van der Waals surface area contributed by atoms with Gasteiger partial charge >= 0.3 is 0 Å². The summed E-state index contributed by atoms with van der Waals surface area (Å²) in [5.41, 5.74) is 2.15. The van der Waals surface area contributed by atoms with E-state index in [0.29, 0.717) is 5.82 Å². The van der Waals surface area contributed by atoms with Crippen molar-refractivity contribution < 1.29 is 4.52 Å². The lowest BCUT2D eigenvalue weighted by atomic mass is 10.1. The molecule has 0 aliphatic rings. The number of hydrogen-bond acceptors (Lipinski definition) is 3. The maximum Gasteiger partial charge on any atom is 0.214 e. The summed E-state index contributed by atoms with van der Waals surface area (Å²) < 4.78 is 4.64. The predicted molar refractivity (Wildman–Crippen MR) is 59.3 cm³/mol. The topological polar surface area (TPSA) is 38.9 Å². The van der Waals surface area contributed by atoms with Crippen LogP contribution in [0.1, 0.15) is 18.3 Å². The molecule has 76 valence electrons. The molecular formula is C11H9ClN2O. The van der Waals surface area contributed by atoms with Gasteiger partial charge in [-0.25, -0.2) is 0 Å². The van der Waals surface area contributed by atoms with Crippen molar-refractivity contribution in [3.05, 3.63) is 47.1 Å². The SMILES string of the molecule is C/C(=C\c1ncon1)c1ccc(Cl)cc1. The van der Waals surface area contributed by atoms with Crippen molar-refractivity contribution in [2.75, 3.05) is 0 Å². The second-order valence-electron chi connectivity index (χ2n) is 3.12.